The monoisotopic (exact) mass is 256 g/mol. The van der Waals surface area contributed by atoms with Crippen LogP contribution in [0.4, 0.5) is 0 Å². The van der Waals surface area contributed by atoms with Crippen LogP contribution in [0.2, 0.25) is 0 Å². The lowest BCUT2D eigenvalue weighted by Crippen LogP contribution is -2.40. The predicted octanol–water partition coefficient (Wildman–Crippen LogP) is 1.07. The largest absolute Gasteiger partial charge is 0.481 e. The summed E-state index contributed by atoms with van der Waals surface area (Å²) in [6.45, 7) is 3.98. The Hall–Kier alpha value is -1.10. The van der Waals surface area contributed by atoms with Gasteiger partial charge in [0.1, 0.15) is 0 Å². The second-order valence-electron chi connectivity index (χ2n) is 5.14. The lowest BCUT2D eigenvalue weighted by molar-refractivity contribution is -0.138. The number of hydrogen-bond donors (Lipinski definition) is 2. The van der Waals surface area contributed by atoms with Gasteiger partial charge in [0.15, 0.2) is 0 Å². The number of carbonyl (C=O) groups excluding carboxylic acids is 1. The molecule has 1 rings (SSSR count). The molecular weight excluding hydrogens is 232 g/mol. The summed E-state index contributed by atoms with van der Waals surface area (Å²) in [5, 5.41) is 8.73. The van der Waals surface area contributed by atoms with Crippen molar-refractivity contribution in [1.82, 2.24) is 4.90 Å². The Morgan fingerprint density at radius 1 is 1.39 bits per heavy atom. The third-order valence-corrected chi connectivity index (χ3v) is 3.80. The van der Waals surface area contributed by atoms with Crippen molar-refractivity contribution in [2.45, 2.75) is 39.0 Å². The van der Waals surface area contributed by atoms with Crippen molar-refractivity contribution >= 4 is 11.9 Å². The first-order valence-corrected chi connectivity index (χ1v) is 6.76. The van der Waals surface area contributed by atoms with E-state index in [2.05, 4.69) is 0 Å². The van der Waals surface area contributed by atoms with Crippen LogP contribution in [0.1, 0.15) is 39.0 Å². The summed E-state index contributed by atoms with van der Waals surface area (Å²) < 4.78 is 0. The molecule has 0 bridgehead atoms. The maximum Gasteiger partial charge on any atom is 0.303 e. The minimum atomic E-state index is -0.742. The molecule has 0 aliphatic carbocycles. The minimum absolute atomic E-state index is 0.168. The maximum absolute atomic E-state index is 12.0. The second-order valence-corrected chi connectivity index (χ2v) is 5.14. The summed E-state index contributed by atoms with van der Waals surface area (Å²) in [5.74, 6) is -0.0766. The highest BCUT2D eigenvalue weighted by Crippen LogP contribution is 2.21. The number of piperidine rings is 1. The summed E-state index contributed by atoms with van der Waals surface area (Å²) in [7, 11) is 0. The first-order valence-electron chi connectivity index (χ1n) is 6.76. The van der Waals surface area contributed by atoms with Crippen LogP contribution in [0.3, 0.4) is 0 Å². The SMILES string of the molecule is CCC(CN)CC(=O)N1CCC(CC(=O)O)CC1. The Labute approximate surface area is 108 Å². The Bertz CT molecular complexity index is 282. The van der Waals surface area contributed by atoms with Gasteiger partial charge in [-0.05, 0) is 31.2 Å². The molecule has 0 radical (unpaired) electrons. The van der Waals surface area contributed by atoms with E-state index in [0.717, 1.165) is 19.3 Å². The van der Waals surface area contributed by atoms with Crippen LogP contribution < -0.4 is 5.73 Å². The van der Waals surface area contributed by atoms with Gasteiger partial charge in [0.05, 0.1) is 0 Å². The van der Waals surface area contributed by atoms with Gasteiger partial charge in [-0.25, -0.2) is 0 Å². The zero-order valence-corrected chi connectivity index (χ0v) is 11.1. The zero-order chi connectivity index (χ0) is 13.5. The molecule has 1 unspecified atom stereocenters. The van der Waals surface area contributed by atoms with Crippen molar-refractivity contribution in [3.05, 3.63) is 0 Å². The average molecular weight is 256 g/mol. The molecule has 1 amide bonds. The Balaban J connectivity index is 2.33. The van der Waals surface area contributed by atoms with Crippen LogP contribution in [0.15, 0.2) is 0 Å². The molecule has 0 aromatic carbocycles. The van der Waals surface area contributed by atoms with Gasteiger partial charge in [0.25, 0.3) is 0 Å². The molecule has 104 valence electrons. The Kier molecular flexibility index (Phi) is 6.12. The predicted molar refractivity (Wildman–Crippen MR) is 69.0 cm³/mol. The standard InChI is InChI=1S/C13H24N2O3/c1-2-10(9-14)7-12(16)15-5-3-11(4-6-15)8-13(17)18/h10-11H,2-9,14H2,1H3,(H,17,18). The second kappa shape index (κ2) is 7.36. The summed E-state index contributed by atoms with van der Waals surface area (Å²) >= 11 is 0. The van der Waals surface area contributed by atoms with Crippen LogP contribution in [0, 0.1) is 11.8 Å². The van der Waals surface area contributed by atoms with E-state index >= 15 is 0 Å². The molecule has 0 aromatic heterocycles. The number of carbonyl (C=O) groups is 2. The van der Waals surface area contributed by atoms with E-state index in [0.29, 0.717) is 26.1 Å². The number of carboxylic acids is 1. The fourth-order valence-electron chi connectivity index (χ4n) is 2.40. The normalized spacial score (nSPS) is 18.7. The maximum atomic E-state index is 12.0. The number of nitrogens with two attached hydrogens (primary N) is 1. The van der Waals surface area contributed by atoms with Crippen molar-refractivity contribution in [1.29, 1.82) is 0 Å². The van der Waals surface area contributed by atoms with Gasteiger partial charge in [0.2, 0.25) is 5.91 Å². The number of rotatable bonds is 6. The first kappa shape index (κ1) is 15.0. The van der Waals surface area contributed by atoms with E-state index in [1.807, 2.05) is 11.8 Å². The number of nitrogens with zero attached hydrogens (tertiary/aromatic N) is 1. The molecule has 0 spiro atoms. The fourth-order valence-corrected chi connectivity index (χ4v) is 2.40. The third-order valence-electron chi connectivity index (χ3n) is 3.80. The molecule has 1 heterocycles. The van der Waals surface area contributed by atoms with Gasteiger partial charge < -0.3 is 15.7 Å². The van der Waals surface area contributed by atoms with Gasteiger partial charge in [-0.15, -0.1) is 0 Å². The van der Waals surface area contributed by atoms with E-state index < -0.39 is 5.97 Å². The number of aliphatic carboxylic acids is 1. The van der Waals surface area contributed by atoms with Crippen molar-refractivity contribution < 1.29 is 14.7 Å². The summed E-state index contributed by atoms with van der Waals surface area (Å²) in [6.07, 6.45) is 3.28. The summed E-state index contributed by atoms with van der Waals surface area (Å²) in [4.78, 5) is 24.5. The molecule has 1 saturated heterocycles. The fraction of sp³-hybridized carbons (Fsp3) is 0.846. The first-order chi connectivity index (χ1) is 8.56. The molecule has 1 aliphatic rings. The molecule has 1 atom stereocenters. The highest BCUT2D eigenvalue weighted by atomic mass is 16.4. The van der Waals surface area contributed by atoms with Crippen molar-refractivity contribution in [3.63, 3.8) is 0 Å². The van der Waals surface area contributed by atoms with Gasteiger partial charge in [0, 0.05) is 25.9 Å². The van der Waals surface area contributed by atoms with Crippen molar-refractivity contribution in [2.24, 2.45) is 17.6 Å². The van der Waals surface area contributed by atoms with E-state index in [1.54, 1.807) is 0 Å². The molecule has 3 N–H and O–H groups in total. The lowest BCUT2D eigenvalue weighted by atomic mass is 9.93. The lowest BCUT2D eigenvalue weighted by Gasteiger charge is -2.32. The van der Waals surface area contributed by atoms with Crippen molar-refractivity contribution in [3.8, 4) is 0 Å². The highest BCUT2D eigenvalue weighted by molar-refractivity contribution is 5.76. The smallest absolute Gasteiger partial charge is 0.303 e. The number of carboxylic acid groups (broad SMARTS) is 1. The van der Waals surface area contributed by atoms with E-state index in [4.69, 9.17) is 10.8 Å². The Morgan fingerprint density at radius 3 is 2.44 bits per heavy atom. The van der Waals surface area contributed by atoms with Crippen LogP contribution in [0.25, 0.3) is 0 Å². The van der Waals surface area contributed by atoms with Gasteiger partial charge >= 0.3 is 5.97 Å². The van der Waals surface area contributed by atoms with E-state index in [1.165, 1.54) is 0 Å². The molecule has 18 heavy (non-hydrogen) atoms. The number of hydrogen-bond acceptors (Lipinski definition) is 3. The van der Waals surface area contributed by atoms with Gasteiger partial charge in [-0.3, -0.25) is 9.59 Å². The molecular formula is C13H24N2O3. The van der Waals surface area contributed by atoms with E-state index in [9.17, 15) is 9.59 Å². The zero-order valence-electron chi connectivity index (χ0n) is 11.1. The van der Waals surface area contributed by atoms with E-state index in [-0.39, 0.29) is 24.2 Å². The number of likely N-dealkylation sites (tertiary alicyclic amines) is 1. The third kappa shape index (κ3) is 4.64. The molecule has 1 aliphatic heterocycles. The molecule has 5 heteroatoms. The van der Waals surface area contributed by atoms with Crippen LogP contribution >= 0.6 is 0 Å². The highest BCUT2D eigenvalue weighted by Gasteiger charge is 2.25. The van der Waals surface area contributed by atoms with Gasteiger partial charge in [-0.2, -0.15) is 0 Å². The molecule has 0 saturated carbocycles. The summed E-state index contributed by atoms with van der Waals surface area (Å²) in [5.41, 5.74) is 5.60. The minimum Gasteiger partial charge on any atom is -0.481 e. The molecule has 1 fully saturated rings. The topological polar surface area (TPSA) is 83.6 Å². The summed E-state index contributed by atoms with van der Waals surface area (Å²) in [6, 6.07) is 0. The number of amides is 1. The van der Waals surface area contributed by atoms with Crippen molar-refractivity contribution in [2.75, 3.05) is 19.6 Å². The van der Waals surface area contributed by atoms with Crippen LogP contribution in [-0.2, 0) is 9.59 Å². The Morgan fingerprint density at radius 2 is 2.00 bits per heavy atom. The van der Waals surface area contributed by atoms with Crippen LogP contribution in [0.5, 0.6) is 0 Å². The van der Waals surface area contributed by atoms with Gasteiger partial charge in [-0.1, -0.05) is 13.3 Å². The molecule has 0 aromatic rings. The quantitative estimate of drug-likeness (QED) is 0.744. The molecule has 5 nitrogen and oxygen atoms in total. The average Bonchev–Trinajstić information content (AvgIpc) is 2.35. The van der Waals surface area contributed by atoms with Crippen LogP contribution in [-0.4, -0.2) is 41.5 Å².